The van der Waals surface area contributed by atoms with Gasteiger partial charge in [-0.15, -0.1) is 0 Å². The molecular formula is C24H21F2N3O4. The molecule has 0 N–H and O–H groups in total. The molecule has 2 aromatic heterocycles. The molecule has 2 aromatic carbocycles. The molecule has 0 saturated heterocycles. The Labute approximate surface area is 188 Å². The zero-order valence-corrected chi connectivity index (χ0v) is 17.9. The lowest BCUT2D eigenvalue weighted by atomic mass is 10.2. The molecule has 7 nitrogen and oxygen atoms in total. The number of alkyl halides is 2. The minimum atomic E-state index is -2.96. The molecule has 0 aliphatic heterocycles. The number of furan rings is 1. The topological polar surface area (TPSA) is 69.7 Å². The van der Waals surface area contributed by atoms with Crippen LogP contribution in [0.25, 0.3) is 17.1 Å². The van der Waals surface area contributed by atoms with Gasteiger partial charge in [-0.25, -0.2) is 4.68 Å². The van der Waals surface area contributed by atoms with Crippen LogP contribution in [0.15, 0.2) is 77.4 Å². The molecule has 0 aliphatic carbocycles. The standard InChI is InChI=1S/C24H21F2N3O4/c1-28(15-16-10-11-21(33-24(25)26)22(13-16)31-2)23(30)19-14-18(20-9-6-12-32-20)27-29(19)17-7-4-3-5-8-17/h3-14,24H,15H2,1-2H3. The first-order valence-corrected chi connectivity index (χ1v) is 10.0. The van der Waals surface area contributed by atoms with Gasteiger partial charge in [-0.2, -0.15) is 13.9 Å². The van der Waals surface area contributed by atoms with Crippen molar-refractivity contribution in [2.45, 2.75) is 13.2 Å². The van der Waals surface area contributed by atoms with Gasteiger partial charge < -0.3 is 18.8 Å². The van der Waals surface area contributed by atoms with E-state index in [0.29, 0.717) is 22.7 Å². The minimum absolute atomic E-state index is 0.0736. The highest BCUT2D eigenvalue weighted by molar-refractivity contribution is 5.94. The predicted molar refractivity (Wildman–Crippen MR) is 117 cm³/mol. The van der Waals surface area contributed by atoms with E-state index >= 15 is 0 Å². The second kappa shape index (κ2) is 9.56. The molecule has 0 spiro atoms. The zero-order chi connectivity index (χ0) is 23.4. The number of carbonyl (C=O) groups excluding carboxylic acids is 1. The van der Waals surface area contributed by atoms with Crippen LogP contribution in [-0.4, -0.2) is 41.4 Å². The number of carbonyl (C=O) groups is 1. The second-order valence-electron chi connectivity index (χ2n) is 7.16. The van der Waals surface area contributed by atoms with Gasteiger partial charge in [0.05, 0.1) is 19.1 Å². The summed E-state index contributed by atoms with van der Waals surface area (Å²) in [6.07, 6.45) is 1.54. The molecule has 0 fully saturated rings. The molecule has 0 aliphatic rings. The maximum absolute atomic E-state index is 13.4. The number of benzene rings is 2. The van der Waals surface area contributed by atoms with Gasteiger partial charge in [-0.05, 0) is 42.0 Å². The van der Waals surface area contributed by atoms with Crippen LogP contribution < -0.4 is 9.47 Å². The fourth-order valence-corrected chi connectivity index (χ4v) is 3.39. The Hall–Kier alpha value is -4.14. The number of rotatable bonds is 8. The van der Waals surface area contributed by atoms with Crippen LogP contribution in [-0.2, 0) is 6.54 Å². The molecule has 0 saturated carbocycles. The van der Waals surface area contributed by atoms with E-state index in [1.165, 1.54) is 18.1 Å². The SMILES string of the molecule is COc1cc(CN(C)C(=O)c2cc(-c3ccco3)nn2-c2ccccc2)ccc1OC(F)F. The summed E-state index contributed by atoms with van der Waals surface area (Å²) in [5, 5.41) is 4.57. The van der Waals surface area contributed by atoms with Crippen molar-refractivity contribution >= 4 is 5.91 Å². The maximum Gasteiger partial charge on any atom is 0.387 e. The number of amides is 1. The number of ether oxygens (including phenoxy) is 2. The third kappa shape index (κ3) is 4.87. The van der Waals surface area contributed by atoms with Gasteiger partial charge in [0.25, 0.3) is 5.91 Å². The van der Waals surface area contributed by atoms with Gasteiger partial charge in [-0.3, -0.25) is 4.79 Å². The molecule has 33 heavy (non-hydrogen) atoms. The lowest BCUT2D eigenvalue weighted by molar-refractivity contribution is -0.0512. The molecule has 4 aromatic rings. The zero-order valence-electron chi connectivity index (χ0n) is 17.9. The van der Waals surface area contributed by atoms with E-state index in [1.54, 1.807) is 48.3 Å². The average molecular weight is 453 g/mol. The molecule has 0 radical (unpaired) electrons. The van der Waals surface area contributed by atoms with Crippen LogP contribution in [0.3, 0.4) is 0 Å². The van der Waals surface area contributed by atoms with Crippen molar-refractivity contribution in [2.75, 3.05) is 14.2 Å². The molecule has 170 valence electrons. The van der Waals surface area contributed by atoms with Crippen LogP contribution in [0.4, 0.5) is 8.78 Å². The third-order valence-electron chi connectivity index (χ3n) is 4.91. The number of nitrogens with zero attached hydrogens (tertiary/aromatic N) is 3. The fraction of sp³-hybridized carbons (Fsp3) is 0.167. The molecule has 0 atom stereocenters. The Morgan fingerprint density at radius 1 is 1.09 bits per heavy atom. The summed E-state index contributed by atoms with van der Waals surface area (Å²) in [6.45, 7) is -2.75. The van der Waals surface area contributed by atoms with Crippen LogP contribution in [0.2, 0.25) is 0 Å². The first kappa shape index (κ1) is 22.1. The van der Waals surface area contributed by atoms with Crippen molar-refractivity contribution in [2.24, 2.45) is 0 Å². The van der Waals surface area contributed by atoms with E-state index in [0.717, 1.165) is 5.69 Å². The van der Waals surface area contributed by atoms with Gasteiger partial charge in [-0.1, -0.05) is 24.3 Å². The normalized spacial score (nSPS) is 10.9. The molecular weight excluding hydrogens is 432 g/mol. The number of aromatic nitrogens is 2. The quantitative estimate of drug-likeness (QED) is 0.375. The Balaban J connectivity index is 1.62. The van der Waals surface area contributed by atoms with Crippen molar-refractivity contribution in [3.63, 3.8) is 0 Å². The van der Waals surface area contributed by atoms with Crippen LogP contribution in [0, 0.1) is 0 Å². The fourth-order valence-electron chi connectivity index (χ4n) is 3.39. The monoisotopic (exact) mass is 453 g/mol. The van der Waals surface area contributed by atoms with Crippen molar-refractivity contribution in [1.82, 2.24) is 14.7 Å². The predicted octanol–water partition coefficient (Wildman–Crippen LogP) is 5.01. The van der Waals surface area contributed by atoms with Crippen molar-refractivity contribution in [3.8, 4) is 28.6 Å². The van der Waals surface area contributed by atoms with E-state index in [2.05, 4.69) is 9.84 Å². The van der Waals surface area contributed by atoms with E-state index in [-0.39, 0.29) is 24.0 Å². The Morgan fingerprint density at radius 3 is 2.55 bits per heavy atom. The van der Waals surface area contributed by atoms with Crippen molar-refractivity contribution in [3.05, 3.63) is 84.3 Å². The molecule has 1 amide bonds. The van der Waals surface area contributed by atoms with E-state index < -0.39 is 6.61 Å². The minimum Gasteiger partial charge on any atom is -0.493 e. The van der Waals surface area contributed by atoms with E-state index in [1.807, 2.05) is 30.3 Å². The maximum atomic E-state index is 13.4. The van der Waals surface area contributed by atoms with E-state index in [9.17, 15) is 13.6 Å². The average Bonchev–Trinajstić information content (AvgIpc) is 3.50. The summed E-state index contributed by atoms with van der Waals surface area (Å²) in [5.41, 5.74) is 2.28. The van der Waals surface area contributed by atoms with Crippen LogP contribution in [0.5, 0.6) is 11.5 Å². The summed E-state index contributed by atoms with van der Waals surface area (Å²) in [4.78, 5) is 14.9. The van der Waals surface area contributed by atoms with Crippen LogP contribution >= 0.6 is 0 Å². The highest BCUT2D eigenvalue weighted by Gasteiger charge is 2.22. The summed E-state index contributed by atoms with van der Waals surface area (Å²) < 4.78 is 41.8. The molecule has 0 bridgehead atoms. The van der Waals surface area contributed by atoms with Gasteiger partial charge in [0, 0.05) is 19.7 Å². The summed E-state index contributed by atoms with van der Waals surface area (Å²) in [7, 11) is 3.01. The van der Waals surface area contributed by atoms with Gasteiger partial charge in [0.2, 0.25) is 0 Å². The van der Waals surface area contributed by atoms with Crippen LogP contribution in [0.1, 0.15) is 16.1 Å². The van der Waals surface area contributed by atoms with Gasteiger partial charge >= 0.3 is 6.61 Å². The number of para-hydroxylation sites is 1. The number of hydrogen-bond acceptors (Lipinski definition) is 5. The first-order chi connectivity index (χ1) is 16.0. The second-order valence-corrected chi connectivity index (χ2v) is 7.16. The lowest BCUT2D eigenvalue weighted by Gasteiger charge is -2.19. The van der Waals surface area contributed by atoms with Crippen molar-refractivity contribution in [1.29, 1.82) is 0 Å². The summed E-state index contributed by atoms with van der Waals surface area (Å²) in [5.74, 6) is 0.343. The largest absolute Gasteiger partial charge is 0.493 e. The molecule has 4 rings (SSSR count). The van der Waals surface area contributed by atoms with Crippen molar-refractivity contribution < 1.29 is 27.5 Å². The highest BCUT2D eigenvalue weighted by atomic mass is 19.3. The Bertz CT molecular complexity index is 1220. The van der Waals surface area contributed by atoms with Gasteiger partial charge in [0.15, 0.2) is 17.3 Å². The smallest absolute Gasteiger partial charge is 0.387 e. The number of hydrogen-bond donors (Lipinski definition) is 0. The number of methoxy groups -OCH3 is 1. The summed E-state index contributed by atoms with van der Waals surface area (Å²) >= 11 is 0. The molecule has 0 unspecified atom stereocenters. The molecule has 9 heteroatoms. The Kier molecular flexibility index (Phi) is 6.39. The molecule has 2 heterocycles. The lowest BCUT2D eigenvalue weighted by Crippen LogP contribution is -2.28. The summed E-state index contributed by atoms with van der Waals surface area (Å²) in [6, 6.07) is 19.0. The first-order valence-electron chi connectivity index (χ1n) is 10.0. The Morgan fingerprint density at radius 2 is 1.88 bits per heavy atom. The van der Waals surface area contributed by atoms with Gasteiger partial charge in [0.1, 0.15) is 11.4 Å². The highest BCUT2D eigenvalue weighted by Crippen LogP contribution is 2.30. The number of halogens is 2. The third-order valence-corrected chi connectivity index (χ3v) is 4.91. The van der Waals surface area contributed by atoms with E-state index in [4.69, 9.17) is 9.15 Å².